The van der Waals surface area contributed by atoms with Crippen molar-refractivity contribution in [1.29, 1.82) is 0 Å². The van der Waals surface area contributed by atoms with Gasteiger partial charge in [0.1, 0.15) is 0 Å². The molecule has 1 aromatic carbocycles. The van der Waals surface area contributed by atoms with Crippen LogP contribution in [0.4, 0.5) is 5.69 Å². The molecule has 0 spiro atoms. The van der Waals surface area contributed by atoms with Crippen molar-refractivity contribution in [3.05, 3.63) is 29.3 Å². The molecule has 1 unspecified atom stereocenters. The van der Waals surface area contributed by atoms with Crippen molar-refractivity contribution in [3.8, 4) is 0 Å². The van der Waals surface area contributed by atoms with Gasteiger partial charge in [-0.05, 0) is 37.3 Å². The number of piperidine rings is 1. The van der Waals surface area contributed by atoms with E-state index in [1.54, 1.807) is 0 Å². The van der Waals surface area contributed by atoms with Crippen molar-refractivity contribution in [1.82, 2.24) is 4.90 Å². The number of nitrogen functional groups attached to an aromatic ring is 1. The maximum atomic E-state index is 12.6. The topological polar surface area (TPSA) is 66.6 Å². The summed E-state index contributed by atoms with van der Waals surface area (Å²) in [6, 6.07) is 5.64. The second kappa shape index (κ2) is 5.54. The van der Waals surface area contributed by atoms with Crippen molar-refractivity contribution in [2.24, 2.45) is 5.92 Å². The molecule has 0 amide bonds. The summed E-state index contributed by atoms with van der Waals surface area (Å²) in [6.45, 7) is 2.61. The van der Waals surface area contributed by atoms with Gasteiger partial charge in [-0.1, -0.05) is 12.1 Å². The van der Waals surface area contributed by atoms with Crippen LogP contribution in [0, 0.1) is 5.92 Å². The summed E-state index contributed by atoms with van der Waals surface area (Å²) in [5.41, 5.74) is 8.55. The predicted molar refractivity (Wildman–Crippen MR) is 78.7 cm³/mol. The summed E-state index contributed by atoms with van der Waals surface area (Å²) in [4.78, 5) is 14.9. The highest BCUT2D eigenvalue weighted by molar-refractivity contribution is 6.01. The van der Waals surface area contributed by atoms with Gasteiger partial charge in [-0.25, -0.2) is 0 Å². The maximum absolute atomic E-state index is 12.6. The number of aliphatic hydroxyl groups is 1. The zero-order valence-corrected chi connectivity index (χ0v) is 11.7. The minimum absolute atomic E-state index is 0.0829. The lowest BCUT2D eigenvalue weighted by atomic mass is 9.81. The molecule has 1 heterocycles. The van der Waals surface area contributed by atoms with Crippen LogP contribution in [-0.4, -0.2) is 41.5 Å². The molecule has 0 aromatic heterocycles. The fourth-order valence-corrected chi connectivity index (χ4v) is 3.37. The lowest BCUT2D eigenvalue weighted by molar-refractivity contribution is 0.0659. The number of rotatable bonds is 2. The van der Waals surface area contributed by atoms with E-state index < -0.39 is 0 Å². The number of Topliss-reactive ketones (excluding diaryl/α,β-unsaturated/α-hetero) is 1. The Bertz CT molecular complexity index is 507. The van der Waals surface area contributed by atoms with E-state index in [4.69, 9.17) is 5.73 Å². The van der Waals surface area contributed by atoms with Gasteiger partial charge in [-0.15, -0.1) is 0 Å². The van der Waals surface area contributed by atoms with Crippen molar-refractivity contribution < 1.29 is 9.90 Å². The Hall–Kier alpha value is -1.39. The Morgan fingerprint density at radius 2 is 2.00 bits per heavy atom. The Balaban J connectivity index is 1.69. The van der Waals surface area contributed by atoms with Crippen molar-refractivity contribution in [2.75, 3.05) is 25.4 Å². The van der Waals surface area contributed by atoms with Crippen LogP contribution in [0.1, 0.15) is 35.2 Å². The number of hydrogen-bond donors (Lipinski definition) is 2. The van der Waals surface area contributed by atoms with Gasteiger partial charge in [0, 0.05) is 36.8 Å². The highest BCUT2D eigenvalue weighted by Gasteiger charge is 2.30. The van der Waals surface area contributed by atoms with Crippen molar-refractivity contribution in [3.63, 3.8) is 0 Å². The predicted octanol–water partition coefficient (Wildman–Crippen LogP) is 1.47. The molecule has 0 bridgehead atoms. The maximum Gasteiger partial charge on any atom is 0.167 e. The normalized spacial score (nSPS) is 24.6. The highest BCUT2D eigenvalue weighted by atomic mass is 16.3. The lowest BCUT2D eigenvalue weighted by Crippen LogP contribution is -2.41. The third-order valence-electron chi connectivity index (χ3n) is 4.63. The van der Waals surface area contributed by atoms with E-state index in [-0.39, 0.29) is 17.8 Å². The molecule has 1 fully saturated rings. The SMILES string of the molecule is Nc1cccc2c1CCC(CN1CCC(O)CC1)C2=O. The molecule has 1 aliphatic heterocycles. The molecule has 4 heteroatoms. The third-order valence-corrected chi connectivity index (χ3v) is 4.63. The molecule has 0 saturated carbocycles. The standard InChI is InChI=1S/C16H22N2O2/c17-15-3-1-2-14-13(15)5-4-11(16(14)20)10-18-8-6-12(19)7-9-18/h1-3,11-12,19H,4-10,17H2. The Labute approximate surface area is 119 Å². The summed E-state index contributed by atoms with van der Waals surface area (Å²) in [6.07, 6.45) is 3.27. The van der Waals surface area contributed by atoms with E-state index in [9.17, 15) is 9.90 Å². The van der Waals surface area contributed by atoms with E-state index >= 15 is 0 Å². The number of fused-ring (bicyclic) bond motifs is 1. The van der Waals surface area contributed by atoms with Crippen LogP contribution in [0.2, 0.25) is 0 Å². The van der Waals surface area contributed by atoms with Gasteiger partial charge in [-0.3, -0.25) is 4.79 Å². The van der Waals surface area contributed by atoms with Gasteiger partial charge in [0.25, 0.3) is 0 Å². The zero-order chi connectivity index (χ0) is 14.1. The highest BCUT2D eigenvalue weighted by Crippen LogP contribution is 2.30. The Kier molecular flexibility index (Phi) is 3.76. The molecule has 3 N–H and O–H groups in total. The first-order valence-electron chi connectivity index (χ1n) is 7.47. The summed E-state index contributed by atoms with van der Waals surface area (Å²) in [5.74, 6) is 0.323. The Morgan fingerprint density at radius 1 is 1.25 bits per heavy atom. The number of carbonyl (C=O) groups is 1. The van der Waals surface area contributed by atoms with Gasteiger partial charge < -0.3 is 15.7 Å². The van der Waals surface area contributed by atoms with E-state index in [1.807, 2.05) is 18.2 Å². The fraction of sp³-hybridized carbons (Fsp3) is 0.562. The minimum Gasteiger partial charge on any atom is -0.398 e. The quantitative estimate of drug-likeness (QED) is 0.802. The van der Waals surface area contributed by atoms with Crippen molar-refractivity contribution >= 4 is 11.5 Å². The third kappa shape index (κ3) is 2.58. The monoisotopic (exact) mass is 274 g/mol. The first-order chi connectivity index (χ1) is 9.65. The van der Waals surface area contributed by atoms with Crippen LogP contribution >= 0.6 is 0 Å². The number of carbonyl (C=O) groups excluding carboxylic acids is 1. The molecule has 1 saturated heterocycles. The molecular weight excluding hydrogens is 252 g/mol. The second-order valence-electron chi connectivity index (χ2n) is 6.00. The molecule has 0 radical (unpaired) electrons. The number of nitrogens with two attached hydrogens (primary N) is 1. The Morgan fingerprint density at radius 3 is 2.75 bits per heavy atom. The van der Waals surface area contributed by atoms with Crippen LogP contribution in [0.25, 0.3) is 0 Å². The van der Waals surface area contributed by atoms with E-state index in [2.05, 4.69) is 4.90 Å². The number of anilines is 1. The molecule has 20 heavy (non-hydrogen) atoms. The number of aliphatic hydroxyl groups excluding tert-OH is 1. The molecule has 2 aliphatic rings. The number of hydrogen-bond acceptors (Lipinski definition) is 4. The van der Waals surface area contributed by atoms with Gasteiger partial charge >= 0.3 is 0 Å². The van der Waals surface area contributed by atoms with Crippen LogP contribution in [0.15, 0.2) is 18.2 Å². The average Bonchev–Trinajstić information content (AvgIpc) is 2.45. The smallest absolute Gasteiger partial charge is 0.167 e. The molecule has 1 aliphatic carbocycles. The zero-order valence-electron chi connectivity index (χ0n) is 11.7. The number of benzene rings is 1. The van der Waals surface area contributed by atoms with Crippen LogP contribution in [0.5, 0.6) is 0 Å². The van der Waals surface area contributed by atoms with Gasteiger partial charge in [0.15, 0.2) is 5.78 Å². The molecule has 1 atom stereocenters. The van der Waals surface area contributed by atoms with E-state index in [1.165, 1.54) is 0 Å². The molecule has 3 rings (SSSR count). The average molecular weight is 274 g/mol. The summed E-state index contributed by atoms with van der Waals surface area (Å²) >= 11 is 0. The van der Waals surface area contributed by atoms with Crippen molar-refractivity contribution in [2.45, 2.75) is 31.8 Å². The summed E-state index contributed by atoms with van der Waals surface area (Å²) < 4.78 is 0. The fourth-order valence-electron chi connectivity index (χ4n) is 3.37. The second-order valence-corrected chi connectivity index (χ2v) is 6.00. The van der Waals surface area contributed by atoms with Crippen LogP contribution in [-0.2, 0) is 6.42 Å². The molecule has 1 aromatic rings. The molecule has 4 nitrogen and oxygen atoms in total. The number of likely N-dealkylation sites (tertiary alicyclic amines) is 1. The number of nitrogens with zero attached hydrogens (tertiary/aromatic N) is 1. The molecule has 108 valence electrons. The van der Waals surface area contributed by atoms with Crippen LogP contribution < -0.4 is 5.73 Å². The first kappa shape index (κ1) is 13.6. The summed E-state index contributed by atoms with van der Waals surface area (Å²) in [7, 11) is 0. The van der Waals surface area contributed by atoms with Gasteiger partial charge in [0.05, 0.1) is 6.10 Å². The largest absolute Gasteiger partial charge is 0.398 e. The van der Waals surface area contributed by atoms with E-state index in [0.29, 0.717) is 0 Å². The number of ketones is 1. The first-order valence-corrected chi connectivity index (χ1v) is 7.47. The summed E-state index contributed by atoms with van der Waals surface area (Å²) in [5, 5.41) is 9.54. The van der Waals surface area contributed by atoms with E-state index in [0.717, 1.165) is 62.1 Å². The van der Waals surface area contributed by atoms with Crippen LogP contribution in [0.3, 0.4) is 0 Å². The van der Waals surface area contributed by atoms with Gasteiger partial charge in [-0.2, -0.15) is 0 Å². The molecular formula is C16H22N2O2. The van der Waals surface area contributed by atoms with Gasteiger partial charge in [0.2, 0.25) is 0 Å². The lowest BCUT2D eigenvalue weighted by Gasteiger charge is -2.33. The minimum atomic E-state index is -0.158.